The van der Waals surface area contributed by atoms with Gasteiger partial charge in [0.1, 0.15) is 13.2 Å². The van der Waals surface area contributed by atoms with Crippen molar-refractivity contribution in [1.82, 2.24) is 10.2 Å². The monoisotopic (exact) mass is 276 g/mol. The van der Waals surface area contributed by atoms with Gasteiger partial charge in [-0.2, -0.15) is 13.2 Å². The standard InChI is InChI=1S/C9H15F3N2O2.ClH/c10-9(11,12)7-16-6-8(15)14-4-1-2-13-3-5-14;/h13H,1-7H2;1H. The van der Waals surface area contributed by atoms with Crippen LogP contribution in [-0.2, 0) is 9.53 Å². The van der Waals surface area contributed by atoms with Crippen LogP contribution in [0.2, 0.25) is 0 Å². The molecule has 1 heterocycles. The molecular formula is C9H16ClF3N2O2. The van der Waals surface area contributed by atoms with E-state index in [1.54, 1.807) is 0 Å². The lowest BCUT2D eigenvalue weighted by Gasteiger charge is -2.19. The molecule has 102 valence electrons. The lowest BCUT2D eigenvalue weighted by molar-refractivity contribution is -0.177. The van der Waals surface area contributed by atoms with Crippen LogP contribution in [0, 0.1) is 0 Å². The van der Waals surface area contributed by atoms with Crippen molar-refractivity contribution in [1.29, 1.82) is 0 Å². The van der Waals surface area contributed by atoms with E-state index in [1.165, 1.54) is 4.90 Å². The molecule has 8 heteroatoms. The molecule has 1 aliphatic rings. The summed E-state index contributed by atoms with van der Waals surface area (Å²) in [5.74, 6) is -0.382. The van der Waals surface area contributed by atoms with Crippen molar-refractivity contribution in [3.05, 3.63) is 0 Å². The summed E-state index contributed by atoms with van der Waals surface area (Å²) in [5.41, 5.74) is 0. The molecule has 1 aliphatic heterocycles. The number of hydrogen-bond donors (Lipinski definition) is 1. The average molecular weight is 277 g/mol. The van der Waals surface area contributed by atoms with Crippen LogP contribution >= 0.6 is 12.4 Å². The smallest absolute Gasteiger partial charge is 0.362 e. The fourth-order valence-corrected chi connectivity index (χ4v) is 1.44. The highest BCUT2D eigenvalue weighted by atomic mass is 35.5. The second-order valence-corrected chi connectivity index (χ2v) is 3.59. The van der Waals surface area contributed by atoms with E-state index < -0.39 is 19.4 Å². The summed E-state index contributed by atoms with van der Waals surface area (Å²) >= 11 is 0. The summed E-state index contributed by atoms with van der Waals surface area (Å²) in [5, 5.41) is 3.10. The number of nitrogens with zero attached hydrogens (tertiary/aromatic N) is 1. The van der Waals surface area contributed by atoms with Gasteiger partial charge in [-0.1, -0.05) is 0 Å². The van der Waals surface area contributed by atoms with Crippen molar-refractivity contribution in [3.8, 4) is 0 Å². The van der Waals surface area contributed by atoms with Gasteiger partial charge >= 0.3 is 6.18 Å². The summed E-state index contributed by atoms with van der Waals surface area (Å²) in [6.45, 7) is 0.720. The second-order valence-electron chi connectivity index (χ2n) is 3.59. The molecule has 1 rings (SSSR count). The molecular weight excluding hydrogens is 261 g/mol. The predicted molar refractivity (Wildman–Crippen MR) is 58.2 cm³/mol. The fourth-order valence-electron chi connectivity index (χ4n) is 1.44. The molecule has 0 aromatic carbocycles. The van der Waals surface area contributed by atoms with Crippen LogP contribution < -0.4 is 5.32 Å². The highest BCUT2D eigenvalue weighted by Crippen LogP contribution is 2.14. The molecule has 17 heavy (non-hydrogen) atoms. The Morgan fingerprint density at radius 1 is 1.29 bits per heavy atom. The third-order valence-electron chi connectivity index (χ3n) is 2.18. The summed E-state index contributed by atoms with van der Waals surface area (Å²) in [6, 6.07) is 0. The number of amides is 1. The Hall–Kier alpha value is -0.530. The van der Waals surface area contributed by atoms with Crippen LogP contribution in [0.4, 0.5) is 13.2 Å². The van der Waals surface area contributed by atoms with Crippen LogP contribution in [0.3, 0.4) is 0 Å². The van der Waals surface area contributed by atoms with Crippen LogP contribution in [0.25, 0.3) is 0 Å². The quantitative estimate of drug-likeness (QED) is 0.829. The van der Waals surface area contributed by atoms with E-state index in [0.717, 1.165) is 13.0 Å². The molecule has 1 saturated heterocycles. The molecule has 0 aromatic heterocycles. The maximum absolute atomic E-state index is 11.8. The molecule has 0 spiro atoms. The zero-order chi connectivity index (χ0) is 12.0. The Morgan fingerprint density at radius 3 is 2.65 bits per heavy atom. The molecule has 0 radical (unpaired) electrons. The van der Waals surface area contributed by atoms with Gasteiger partial charge in [0, 0.05) is 19.6 Å². The van der Waals surface area contributed by atoms with E-state index in [9.17, 15) is 18.0 Å². The van der Waals surface area contributed by atoms with Gasteiger partial charge in [0.05, 0.1) is 0 Å². The average Bonchev–Trinajstić information content (AvgIpc) is 2.43. The SMILES string of the molecule is Cl.O=C(COCC(F)(F)F)N1CCCNCC1. The molecule has 4 nitrogen and oxygen atoms in total. The van der Waals surface area contributed by atoms with Crippen molar-refractivity contribution in [2.24, 2.45) is 0 Å². The van der Waals surface area contributed by atoms with E-state index in [1.807, 2.05) is 0 Å². The van der Waals surface area contributed by atoms with Crippen molar-refractivity contribution in [2.45, 2.75) is 12.6 Å². The number of alkyl halides is 3. The van der Waals surface area contributed by atoms with Crippen molar-refractivity contribution >= 4 is 18.3 Å². The molecule has 0 aliphatic carbocycles. The minimum absolute atomic E-state index is 0. The Kier molecular flexibility index (Phi) is 7.49. The van der Waals surface area contributed by atoms with Gasteiger partial charge in [-0.15, -0.1) is 12.4 Å². The molecule has 0 unspecified atom stereocenters. The Labute approximate surface area is 104 Å². The number of hydrogen-bond acceptors (Lipinski definition) is 3. The number of carbonyl (C=O) groups is 1. The number of rotatable bonds is 3. The van der Waals surface area contributed by atoms with Crippen molar-refractivity contribution in [3.63, 3.8) is 0 Å². The Bertz CT molecular complexity index is 231. The third-order valence-corrected chi connectivity index (χ3v) is 2.18. The molecule has 0 aromatic rings. The normalized spacial score (nSPS) is 17.2. The van der Waals surface area contributed by atoms with Crippen LogP contribution in [0.5, 0.6) is 0 Å². The molecule has 0 atom stereocenters. The van der Waals surface area contributed by atoms with Crippen molar-refractivity contribution < 1.29 is 22.7 Å². The molecule has 0 bridgehead atoms. The lowest BCUT2D eigenvalue weighted by atomic mass is 10.4. The second kappa shape index (κ2) is 7.73. The summed E-state index contributed by atoms with van der Waals surface area (Å²) < 4.78 is 39.6. The Balaban J connectivity index is 0.00000256. The largest absolute Gasteiger partial charge is 0.411 e. The summed E-state index contributed by atoms with van der Waals surface area (Å²) in [6.07, 6.45) is -3.56. The molecule has 0 saturated carbocycles. The van der Waals surface area contributed by atoms with Crippen LogP contribution in [0.1, 0.15) is 6.42 Å². The van der Waals surface area contributed by atoms with Gasteiger partial charge in [-0.05, 0) is 13.0 Å². The third kappa shape index (κ3) is 7.40. The maximum atomic E-state index is 11.8. The van der Waals surface area contributed by atoms with Gasteiger partial charge in [0.15, 0.2) is 0 Å². The van der Waals surface area contributed by atoms with Crippen LogP contribution in [0.15, 0.2) is 0 Å². The first-order valence-corrected chi connectivity index (χ1v) is 5.12. The van der Waals surface area contributed by atoms with Gasteiger partial charge < -0.3 is 15.0 Å². The van der Waals surface area contributed by atoms with Crippen LogP contribution in [-0.4, -0.2) is 56.4 Å². The number of carbonyl (C=O) groups excluding carboxylic acids is 1. The zero-order valence-electron chi connectivity index (χ0n) is 9.26. The Morgan fingerprint density at radius 2 is 2.00 bits per heavy atom. The maximum Gasteiger partial charge on any atom is 0.411 e. The first-order valence-electron chi connectivity index (χ1n) is 5.12. The van der Waals surface area contributed by atoms with Gasteiger partial charge in [0.2, 0.25) is 5.91 Å². The van der Waals surface area contributed by atoms with E-state index in [2.05, 4.69) is 10.1 Å². The molecule has 1 N–H and O–H groups in total. The predicted octanol–water partition coefficient (Wildman–Crippen LogP) is 0.809. The zero-order valence-corrected chi connectivity index (χ0v) is 10.1. The van der Waals surface area contributed by atoms with Gasteiger partial charge in [0.25, 0.3) is 0 Å². The van der Waals surface area contributed by atoms with E-state index in [-0.39, 0.29) is 18.3 Å². The highest BCUT2D eigenvalue weighted by molar-refractivity contribution is 5.85. The van der Waals surface area contributed by atoms with Gasteiger partial charge in [-0.25, -0.2) is 0 Å². The minimum atomic E-state index is -4.37. The van der Waals surface area contributed by atoms with E-state index in [4.69, 9.17) is 0 Å². The summed E-state index contributed by atoms with van der Waals surface area (Å²) in [7, 11) is 0. The molecule has 1 amide bonds. The molecule has 1 fully saturated rings. The number of ether oxygens (including phenoxy) is 1. The van der Waals surface area contributed by atoms with Gasteiger partial charge in [-0.3, -0.25) is 4.79 Å². The van der Waals surface area contributed by atoms with E-state index >= 15 is 0 Å². The summed E-state index contributed by atoms with van der Waals surface area (Å²) in [4.78, 5) is 13.0. The highest BCUT2D eigenvalue weighted by Gasteiger charge is 2.28. The minimum Gasteiger partial charge on any atom is -0.362 e. The van der Waals surface area contributed by atoms with E-state index in [0.29, 0.717) is 19.6 Å². The topological polar surface area (TPSA) is 41.6 Å². The first kappa shape index (κ1) is 16.5. The fraction of sp³-hybridized carbons (Fsp3) is 0.889. The van der Waals surface area contributed by atoms with Crippen molar-refractivity contribution in [2.75, 3.05) is 39.4 Å². The lowest BCUT2D eigenvalue weighted by Crippen LogP contribution is -2.37. The first-order chi connectivity index (χ1) is 7.49. The number of nitrogens with one attached hydrogen (secondary N) is 1. The number of halogens is 4.